The molecule has 6 heteroatoms. The molecule has 3 N–H and O–H groups in total. The zero-order chi connectivity index (χ0) is 17.9. The van der Waals surface area contributed by atoms with Crippen LogP contribution in [-0.2, 0) is 14.4 Å². The van der Waals surface area contributed by atoms with Crippen molar-refractivity contribution in [3.05, 3.63) is 35.9 Å². The lowest BCUT2D eigenvalue weighted by Gasteiger charge is -2.18. The average molecular weight is 335 g/mol. The monoisotopic (exact) mass is 335 g/mol. The molecule has 1 amide bonds. The van der Waals surface area contributed by atoms with Crippen molar-refractivity contribution in [2.45, 2.75) is 57.6 Å². The van der Waals surface area contributed by atoms with E-state index >= 15 is 0 Å². The zero-order valence-electron chi connectivity index (χ0n) is 13.9. The van der Waals surface area contributed by atoms with Crippen molar-refractivity contribution in [1.82, 2.24) is 5.32 Å². The first-order valence-electron chi connectivity index (χ1n) is 8.21. The van der Waals surface area contributed by atoms with Crippen LogP contribution in [0.4, 0.5) is 0 Å². The Morgan fingerprint density at radius 2 is 1.79 bits per heavy atom. The topological polar surface area (TPSA) is 104 Å². The van der Waals surface area contributed by atoms with E-state index in [2.05, 4.69) is 5.32 Å². The Hall–Kier alpha value is -2.21. The van der Waals surface area contributed by atoms with Crippen LogP contribution in [0.5, 0.6) is 0 Å². The van der Waals surface area contributed by atoms with E-state index in [1.807, 2.05) is 6.92 Å². The predicted octanol–water partition coefficient (Wildman–Crippen LogP) is 2.22. The molecule has 0 aliphatic rings. The fraction of sp³-hybridized carbons (Fsp3) is 0.500. The molecule has 2 atom stereocenters. The minimum Gasteiger partial charge on any atom is -0.480 e. The number of unbranched alkanes of at least 4 members (excludes halogenated alkanes) is 2. The molecule has 6 nitrogen and oxygen atoms in total. The van der Waals surface area contributed by atoms with E-state index in [4.69, 9.17) is 0 Å². The minimum absolute atomic E-state index is 0.158. The first kappa shape index (κ1) is 19.8. The van der Waals surface area contributed by atoms with E-state index in [1.54, 1.807) is 30.3 Å². The van der Waals surface area contributed by atoms with Gasteiger partial charge in [0.1, 0.15) is 11.8 Å². The average Bonchev–Trinajstić information content (AvgIpc) is 2.55. The Morgan fingerprint density at radius 1 is 1.12 bits per heavy atom. The van der Waals surface area contributed by atoms with Gasteiger partial charge in [0.25, 0.3) is 0 Å². The third kappa shape index (κ3) is 7.37. The Kier molecular flexibility index (Phi) is 8.71. The molecule has 0 aliphatic heterocycles. The maximum atomic E-state index is 11.8. The van der Waals surface area contributed by atoms with Gasteiger partial charge in [-0.1, -0.05) is 50.1 Å². The highest BCUT2D eigenvalue weighted by molar-refractivity contribution is 5.99. The second-order valence-electron chi connectivity index (χ2n) is 5.79. The summed E-state index contributed by atoms with van der Waals surface area (Å²) in [4.78, 5) is 34.8. The van der Waals surface area contributed by atoms with Crippen molar-refractivity contribution >= 4 is 17.7 Å². The molecule has 0 bridgehead atoms. The summed E-state index contributed by atoms with van der Waals surface area (Å²) >= 11 is 0. The van der Waals surface area contributed by atoms with E-state index in [1.165, 1.54) is 0 Å². The largest absolute Gasteiger partial charge is 0.480 e. The normalized spacial score (nSPS) is 13.1. The number of rotatable bonds is 11. The number of Topliss-reactive ketones (excluding diaryl/α,β-unsaturated/α-hetero) is 1. The number of carboxylic acids is 1. The number of hydrogen-bond donors (Lipinski definition) is 3. The fourth-order valence-corrected chi connectivity index (χ4v) is 2.34. The van der Waals surface area contributed by atoms with Crippen LogP contribution in [0.1, 0.15) is 57.1 Å². The molecule has 0 spiro atoms. The molecule has 0 heterocycles. The van der Waals surface area contributed by atoms with Crippen LogP contribution in [0.2, 0.25) is 0 Å². The standard InChI is InChI=1S/C18H25NO5/c1-2-3-5-10-14(20)11-17(22)19-15(18(23)24)12-16(21)13-8-6-4-7-9-13/h4,6-9,15-16,21H,2-3,5,10-12H2,1H3,(H,19,22)(H,23,24)/t15-,16?/m0/s1. The molecule has 0 radical (unpaired) electrons. The van der Waals surface area contributed by atoms with Crippen LogP contribution in [-0.4, -0.2) is 33.9 Å². The van der Waals surface area contributed by atoms with Gasteiger partial charge in [-0.3, -0.25) is 9.59 Å². The third-order valence-electron chi connectivity index (χ3n) is 3.69. The Balaban J connectivity index is 2.52. The first-order chi connectivity index (χ1) is 11.4. The van der Waals surface area contributed by atoms with Crippen LogP contribution in [0.15, 0.2) is 30.3 Å². The third-order valence-corrected chi connectivity index (χ3v) is 3.69. The highest BCUT2D eigenvalue weighted by atomic mass is 16.4. The lowest BCUT2D eigenvalue weighted by Crippen LogP contribution is -2.42. The van der Waals surface area contributed by atoms with Crippen molar-refractivity contribution in [2.24, 2.45) is 0 Å². The second kappa shape index (κ2) is 10.5. The van der Waals surface area contributed by atoms with Gasteiger partial charge in [0.2, 0.25) is 5.91 Å². The number of aliphatic hydroxyl groups excluding tert-OH is 1. The van der Waals surface area contributed by atoms with Crippen molar-refractivity contribution in [3.8, 4) is 0 Å². The molecule has 0 saturated carbocycles. The van der Waals surface area contributed by atoms with Gasteiger partial charge in [0.15, 0.2) is 0 Å². The molecule has 132 valence electrons. The van der Waals surface area contributed by atoms with Crippen LogP contribution < -0.4 is 5.32 Å². The van der Waals surface area contributed by atoms with Crippen LogP contribution in [0, 0.1) is 0 Å². The lowest BCUT2D eigenvalue weighted by atomic mass is 10.0. The number of nitrogens with one attached hydrogen (secondary N) is 1. The first-order valence-corrected chi connectivity index (χ1v) is 8.21. The van der Waals surface area contributed by atoms with Gasteiger partial charge in [-0.25, -0.2) is 4.79 Å². The summed E-state index contributed by atoms with van der Waals surface area (Å²) in [5.74, 6) is -2.06. The number of hydrogen-bond acceptors (Lipinski definition) is 4. The smallest absolute Gasteiger partial charge is 0.326 e. The maximum Gasteiger partial charge on any atom is 0.326 e. The number of benzene rings is 1. The quantitative estimate of drug-likeness (QED) is 0.425. The maximum absolute atomic E-state index is 11.8. The lowest BCUT2D eigenvalue weighted by molar-refractivity contribution is -0.143. The number of carboxylic acid groups (broad SMARTS) is 1. The minimum atomic E-state index is -1.24. The summed E-state index contributed by atoms with van der Waals surface area (Å²) in [6.45, 7) is 2.02. The van der Waals surface area contributed by atoms with E-state index in [0.29, 0.717) is 12.0 Å². The SMILES string of the molecule is CCCCCC(=O)CC(=O)N[C@@H](CC(O)c1ccccc1)C(=O)O. The highest BCUT2D eigenvalue weighted by Gasteiger charge is 2.24. The summed E-state index contributed by atoms with van der Waals surface area (Å²) in [7, 11) is 0. The molecule has 1 unspecified atom stereocenters. The Labute approximate surface area is 141 Å². The number of amides is 1. The van der Waals surface area contributed by atoms with E-state index < -0.39 is 24.0 Å². The number of ketones is 1. The number of carbonyl (C=O) groups is 3. The fourth-order valence-electron chi connectivity index (χ4n) is 2.34. The highest BCUT2D eigenvalue weighted by Crippen LogP contribution is 2.18. The molecule has 1 aromatic rings. The van der Waals surface area contributed by atoms with Crippen molar-refractivity contribution < 1.29 is 24.6 Å². The zero-order valence-corrected chi connectivity index (χ0v) is 13.9. The van der Waals surface area contributed by atoms with Crippen molar-refractivity contribution in [2.75, 3.05) is 0 Å². The molecule has 0 fully saturated rings. The molecule has 24 heavy (non-hydrogen) atoms. The summed E-state index contributed by atoms with van der Waals surface area (Å²) in [6.07, 6.45) is 1.48. The summed E-state index contributed by atoms with van der Waals surface area (Å²) in [5, 5.41) is 21.6. The molecular weight excluding hydrogens is 310 g/mol. The van der Waals surface area contributed by atoms with Gasteiger partial charge in [-0.05, 0) is 12.0 Å². The van der Waals surface area contributed by atoms with Gasteiger partial charge < -0.3 is 15.5 Å². The molecular formula is C18H25NO5. The van der Waals surface area contributed by atoms with Gasteiger partial charge in [-0.15, -0.1) is 0 Å². The molecule has 0 aromatic heterocycles. The van der Waals surface area contributed by atoms with E-state index in [9.17, 15) is 24.6 Å². The van der Waals surface area contributed by atoms with E-state index in [-0.39, 0.29) is 18.6 Å². The molecule has 1 rings (SSSR count). The van der Waals surface area contributed by atoms with E-state index in [0.717, 1.165) is 19.3 Å². The van der Waals surface area contributed by atoms with Crippen molar-refractivity contribution in [3.63, 3.8) is 0 Å². The van der Waals surface area contributed by atoms with Gasteiger partial charge >= 0.3 is 5.97 Å². The van der Waals surface area contributed by atoms with Gasteiger partial charge in [-0.2, -0.15) is 0 Å². The van der Waals surface area contributed by atoms with Crippen LogP contribution in [0.25, 0.3) is 0 Å². The van der Waals surface area contributed by atoms with Crippen LogP contribution in [0.3, 0.4) is 0 Å². The van der Waals surface area contributed by atoms with Gasteiger partial charge in [0, 0.05) is 12.8 Å². The predicted molar refractivity (Wildman–Crippen MR) is 89.4 cm³/mol. The van der Waals surface area contributed by atoms with Crippen molar-refractivity contribution in [1.29, 1.82) is 0 Å². The second-order valence-corrected chi connectivity index (χ2v) is 5.79. The van der Waals surface area contributed by atoms with Crippen LogP contribution >= 0.6 is 0 Å². The summed E-state index contributed by atoms with van der Waals surface area (Å²) in [5.41, 5.74) is 0.577. The molecule has 0 saturated heterocycles. The number of aliphatic hydroxyl groups is 1. The molecule has 1 aromatic carbocycles. The summed E-state index contributed by atoms with van der Waals surface area (Å²) in [6, 6.07) is 7.39. The Bertz CT molecular complexity index is 544. The number of aliphatic carboxylic acids is 1. The van der Waals surface area contributed by atoms with Gasteiger partial charge in [0.05, 0.1) is 12.5 Å². The summed E-state index contributed by atoms with van der Waals surface area (Å²) < 4.78 is 0. The molecule has 0 aliphatic carbocycles. The number of carbonyl (C=O) groups excluding carboxylic acids is 2. The Morgan fingerprint density at radius 3 is 2.38 bits per heavy atom.